The van der Waals surface area contributed by atoms with E-state index in [2.05, 4.69) is 15.4 Å². The summed E-state index contributed by atoms with van der Waals surface area (Å²) < 4.78 is 202. The molecule has 0 aromatic heterocycles. The van der Waals surface area contributed by atoms with Gasteiger partial charge in [0.25, 0.3) is 17.8 Å². The number of ether oxygens (including phenoxy) is 11. The smallest absolute Gasteiger partial charge is 0.349 e. The van der Waals surface area contributed by atoms with E-state index in [1.165, 1.54) is 84.8 Å². The molecule has 4 amide bonds. The number of carbonyl (C=O) groups excluding carboxylic acids is 6. The zero-order valence-electron chi connectivity index (χ0n) is 82.4. The molecule has 9 rings (SSSR count). The predicted molar refractivity (Wildman–Crippen MR) is 535 cm³/mol. The Morgan fingerprint density at radius 3 is 0.934 bits per heavy atom. The summed E-state index contributed by atoms with van der Waals surface area (Å²) in [7, 11) is -9.07. The van der Waals surface area contributed by atoms with E-state index in [9.17, 15) is 70.9 Å². The van der Waals surface area contributed by atoms with Crippen LogP contribution in [0.1, 0.15) is 205 Å². The van der Waals surface area contributed by atoms with Gasteiger partial charge in [-0.1, -0.05) is 86.9 Å². The number of anilines is 2. The summed E-state index contributed by atoms with van der Waals surface area (Å²) in [4.78, 5) is 81.2. The van der Waals surface area contributed by atoms with E-state index in [1.54, 1.807) is 99.0 Å². The number of carboxylic acids is 1. The number of imide groups is 1. The molecule has 39 nitrogen and oxygen atoms in total. The maximum absolute atomic E-state index is 13.4. The number of cyclic esters (lactones) is 2. The SMILES string of the molecule is C.C.C.C.CC(=O)Nc1cccc2c1C(=O)OC2=O.CC(=O)O.CCN.CCN.CCN.CCOc1cc(C#N)ccc1OC.CS(C)(=O)=O.[2H]C(N)(CS(C)(=O)=O)c1ccc(OC)c(OCC)c1.[2H][C@@](CS(C)(=O)=O)(c1ccc(OC)c(OCC)c1)N1C(=O)c2cccc(NC(C)=O)c2C1=O.[2H][C@](N)(CS(C)(=O)=O)c1ccc(OC)c(OCC)c1.[2H][C@](N)(CS(C)(=O)=O)c1ccc(OC)c(OCC)c1. The van der Waals surface area contributed by atoms with Crippen molar-refractivity contribution in [3.05, 3.63) is 177 Å². The molecule has 2 aliphatic heterocycles. The number of rotatable bonds is 30. The number of nitrogens with zero attached hydrogens (tertiary/aromatic N) is 2. The average molecular weight is 2020 g/mol. The monoisotopic (exact) mass is 2020 g/mol. The number of esters is 2. The van der Waals surface area contributed by atoms with Crippen LogP contribution in [0.25, 0.3) is 0 Å². The first-order valence-corrected chi connectivity index (χ1v) is 50.4. The number of nitrogens with one attached hydrogen (secondary N) is 2. The highest BCUT2D eigenvalue weighted by Gasteiger charge is 2.44. The first-order valence-electron chi connectivity index (χ1n) is 41.8. The minimum atomic E-state index is -3.85. The van der Waals surface area contributed by atoms with Crippen molar-refractivity contribution in [1.82, 2.24) is 4.90 Å². The van der Waals surface area contributed by atoms with Crippen molar-refractivity contribution in [3.63, 3.8) is 0 Å². The van der Waals surface area contributed by atoms with Crippen LogP contribution in [-0.2, 0) is 68.3 Å². The lowest BCUT2D eigenvalue weighted by atomic mass is 10.1. The van der Waals surface area contributed by atoms with E-state index in [0.717, 1.165) is 64.1 Å². The second-order valence-electron chi connectivity index (χ2n) is 27.2. The van der Waals surface area contributed by atoms with Crippen molar-refractivity contribution < 1.29 is 138 Å². The number of sulfone groups is 5. The molecule has 768 valence electrons. The second-order valence-corrected chi connectivity index (χ2v) is 38.1. The molecule has 0 fully saturated rings. The third kappa shape index (κ3) is 52.9. The number of benzene rings is 7. The fourth-order valence-electron chi connectivity index (χ4n) is 10.4. The largest absolute Gasteiger partial charge is 0.493 e. The van der Waals surface area contributed by atoms with Gasteiger partial charge < -0.3 is 102 Å². The van der Waals surface area contributed by atoms with Gasteiger partial charge in [-0.25, -0.2) is 51.7 Å². The summed E-state index contributed by atoms with van der Waals surface area (Å²) in [5.74, 6) is -2.23. The van der Waals surface area contributed by atoms with Crippen molar-refractivity contribution in [2.75, 3.05) is 159 Å². The first-order chi connectivity index (χ1) is 62.9. The molecule has 0 saturated heterocycles. The molecule has 0 spiro atoms. The Kier molecular flexibility index (Phi) is 63.4. The molecule has 2 aliphatic rings. The maximum atomic E-state index is 13.4. The molecular weight excluding hydrogens is 1870 g/mol. The quantitative estimate of drug-likeness (QED) is 0.0115. The van der Waals surface area contributed by atoms with Crippen LogP contribution in [0.15, 0.2) is 127 Å². The van der Waals surface area contributed by atoms with Crippen LogP contribution in [-0.4, -0.2) is 242 Å². The highest BCUT2D eigenvalue weighted by molar-refractivity contribution is 7.91. The third-order valence-electron chi connectivity index (χ3n) is 15.0. The number of hydrogen-bond donors (Lipinski definition) is 9. The van der Waals surface area contributed by atoms with Gasteiger partial charge in [0.2, 0.25) is 11.8 Å². The number of hydrogen-bond acceptors (Lipinski definition) is 35. The third-order valence-corrected chi connectivity index (χ3v) is 18.3. The highest BCUT2D eigenvalue weighted by atomic mass is 32.2. The van der Waals surface area contributed by atoms with Gasteiger partial charge >= 0.3 is 11.9 Å². The number of methoxy groups -OCH3 is 5. The number of nitriles is 1. The standard InChI is InChI=1S/C22H24N2O7S.3C12H19NO4S.C10H7NO4.C10H11NO2.3C2H7N.C2H6O2S.C2H4O2.4CH4/c1-5-31-19-11-14(9-10-18(19)30-3)17(12-32(4,28)29)24-21(26)15-7-6-8-16(23-13(2)25)20(15)22(24)27;3*1-4-17-12-7-9(5-6-11(12)16-2)10(13)8-18(3,14)15;1-5(12)11-7-4-2-3-6-8(7)10(14)15-9(6)13;1-3-13-10-6-8(7-11)4-5-9(10)12-2;3*1-2-3;1-5(2,3)4;1-2(3)4;;;;/h6-11,17H,5,12H2,1-4H3,(H,23,25);3*5-7,10H,4,8,13H2,1-3H3;2-4H,1H3,(H,11,12);4-6H,3H2,1-2H3;3*2-3H2,1H3;1-2H3;1H3,(H,3,4);4*1H4/t17-;2*10-;;;;;;;;;;;;/m100............/s1/i17D;3*10D;;;;;;;;;;;. The number of nitrogens with two attached hydrogens (primary N) is 6. The van der Waals surface area contributed by atoms with E-state index < -0.39 is 132 Å². The number of amides is 4. The van der Waals surface area contributed by atoms with Gasteiger partial charge in [-0.3, -0.25) is 28.9 Å². The summed E-state index contributed by atoms with van der Waals surface area (Å²) in [6.07, 6.45) is 6.40. The van der Waals surface area contributed by atoms with Crippen molar-refractivity contribution >= 4 is 102 Å². The molecule has 7 aromatic rings. The number of aliphatic carboxylic acids is 1. The summed E-state index contributed by atoms with van der Waals surface area (Å²) in [5.41, 5.74) is 34.2. The molecular formula is C92H146N10O29S5. The molecule has 0 bridgehead atoms. The number of carbonyl (C=O) groups is 7. The van der Waals surface area contributed by atoms with E-state index >= 15 is 0 Å². The average Bonchev–Trinajstić information content (AvgIpc) is 1.75. The molecule has 4 atom stereocenters. The van der Waals surface area contributed by atoms with E-state index in [-0.39, 0.29) is 81.5 Å². The van der Waals surface area contributed by atoms with Gasteiger partial charge in [0.15, 0.2) is 57.5 Å². The summed E-state index contributed by atoms with van der Waals surface area (Å²) in [6.45, 7) is 22.8. The topological polar surface area (TPSA) is 619 Å². The first kappa shape index (κ1) is 126. The molecule has 0 saturated carbocycles. The molecule has 2 heterocycles. The molecule has 44 heteroatoms. The summed E-state index contributed by atoms with van der Waals surface area (Å²) in [5, 5.41) is 21.0. The minimum Gasteiger partial charge on any atom is -0.493 e. The van der Waals surface area contributed by atoms with E-state index in [0.29, 0.717) is 111 Å². The summed E-state index contributed by atoms with van der Waals surface area (Å²) >= 11 is 0. The maximum Gasteiger partial charge on any atom is 0.349 e. The molecule has 0 aliphatic carbocycles. The van der Waals surface area contributed by atoms with Crippen molar-refractivity contribution in [3.8, 4) is 63.6 Å². The van der Waals surface area contributed by atoms with Gasteiger partial charge in [-0.05, 0) is 161 Å². The van der Waals surface area contributed by atoms with Gasteiger partial charge in [0.1, 0.15) is 49.2 Å². The van der Waals surface area contributed by atoms with E-state index in [1.807, 2.05) is 54.5 Å². The van der Waals surface area contributed by atoms with Crippen LogP contribution in [0.4, 0.5) is 11.4 Å². The van der Waals surface area contributed by atoms with Crippen LogP contribution in [0.5, 0.6) is 57.5 Å². The van der Waals surface area contributed by atoms with Crippen molar-refractivity contribution in [1.29, 1.82) is 5.26 Å². The normalized spacial score (nSPS) is 13.2. The van der Waals surface area contributed by atoms with Crippen LogP contribution in [0.3, 0.4) is 0 Å². The Hall–Kier alpha value is -11.8. The second kappa shape index (κ2) is 68.3. The Labute approximate surface area is 810 Å². The molecule has 0 radical (unpaired) electrons. The van der Waals surface area contributed by atoms with Gasteiger partial charge in [-0.2, -0.15) is 5.26 Å². The lowest BCUT2D eigenvalue weighted by Crippen LogP contribution is -2.37. The molecule has 7 aromatic carbocycles. The van der Waals surface area contributed by atoms with E-state index in [4.69, 9.17) is 102 Å². The molecule has 15 N–H and O–H groups in total. The predicted octanol–water partition coefficient (Wildman–Crippen LogP) is 11.0. The van der Waals surface area contributed by atoms with Crippen LogP contribution < -0.4 is 92.4 Å². The van der Waals surface area contributed by atoms with Crippen LogP contribution in [0, 0.1) is 11.3 Å². The lowest BCUT2D eigenvalue weighted by molar-refractivity contribution is -0.134. The highest BCUT2D eigenvalue weighted by Crippen LogP contribution is 2.40. The zero-order valence-corrected chi connectivity index (χ0v) is 82.5. The Balaban J connectivity index is -0.000000377. The van der Waals surface area contributed by atoms with Crippen molar-refractivity contribution in [2.24, 2.45) is 34.4 Å². The van der Waals surface area contributed by atoms with Crippen LogP contribution in [0.2, 0.25) is 0 Å². The Bertz CT molecular complexity index is 5530. The van der Waals surface area contributed by atoms with Gasteiger partial charge in [-0.15, -0.1) is 0 Å². The number of carboxylic acid groups (broad SMARTS) is 1. The van der Waals surface area contributed by atoms with Crippen LogP contribution >= 0.6 is 0 Å². The minimum absolute atomic E-state index is 0. The fraction of sp³-hybridized carbons (Fsp3) is 0.457. The molecule has 136 heavy (non-hydrogen) atoms. The van der Waals surface area contributed by atoms with Gasteiger partial charge in [0, 0.05) is 82.4 Å². The zero-order chi connectivity index (χ0) is 105. The Morgan fingerprint density at radius 2 is 0.669 bits per heavy atom. The van der Waals surface area contributed by atoms with Crippen molar-refractivity contribution in [2.45, 2.75) is 130 Å². The Morgan fingerprint density at radius 1 is 0.412 bits per heavy atom. The summed E-state index contributed by atoms with van der Waals surface area (Å²) in [6, 6.07) is 27.0. The fourth-order valence-corrected chi connectivity index (χ4v) is 13.4. The lowest BCUT2D eigenvalue weighted by Gasteiger charge is -2.27. The molecule has 1 unspecified atom stereocenters. The number of fused-ring (bicyclic) bond motifs is 2. The van der Waals surface area contributed by atoms with Gasteiger partial charge in [0.05, 0.1) is 148 Å².